The Morgan fingerprint density at radius 2 is 2.26 bits per heavy atom. The molecule has 2 N–H and O–H groups in total. The molecule has 19 heavy (non-hydrogen) atoms. The molecule has 2 heterocycles. The van der Waals surface area contributed by atoms with Crippen molar-refractivity contribution in [2.75, 3.05) is 25.0 Å². The Morgan fingerprint density at radius 3 is 2.84 bits per heavy atom. The topological polar surface area (TPSA) is 94.9 Å². The highest BCUT2D eigenvalue weighted by molar-refractivity contribution is 5.41. The van der Waals surface area contributed by atoms with E-state index in [1.54, 1.807) is 30.2 Å². The van der Waals surface area contributed by atoms with Crippen LogP contribution in [0.3, 0.4) is 0 Å². The zero-order valence-electron chi connectivity index (χ0n) is 11.0. The van der Waals surface area contributed by atoms with Gasteiger partial charge in [0.05, 0.1) is 24.6 Å². The zero-order chi connectivity index (χ0) is 13.8. The van der Waals surface area contributed by atoms with Crippen LogP contribution in [0.15, 0.2) is 23.3 Å². The van der Waals surface area contributed by atoms with Gasteiger partial charge in [0.15, 0.2) is 0 Å². The van der Waals surface area contributed by atoms with Gasteiger partial charge in [0.2, 0.25) is 0 Å². The van der Waals surface area contributed by atoms with Crippen molar-refractivity contribution in [2.45, 2.75) is 6.54 Å². The summed E-state index contributed by atoms with van der Waals surface area (Å²) in [5, 5.41) is 11.9. The maximum absolute atomic E-state index is 11.9. The average Bonchev–Trinajstić information content (AvgIpc) is 2.78. The third-order valence-electron chi connectivity index (χ3n) is 2.72. The second kappa shape index (κ2) is 5.61. The number of aromatic nitrogens is 5. The Morgan fingerprint density at radius 1 is 1.47 bits per heavy atom. The van der Waals surface area contributed by atoms with Crippen molar-refractivity contribution in [1.29, 1.82) is 0 Å². The van der Waals surface area contributed by atoms with Crippen LogP contribution in [0.1, 0.15) is 5.69 Å². The minimum absolute atomic E-state index is 0.174. The summed E-state index contributed by atoms with van der Waals surface area (Å²) in [6.45, 7) is 1.52. The number of aryl methyl sites for hydroxylation is 1. The van der Waals surface area contributed by atoms with E-state index in [0.29, 0.717) is 25.3 Å². The fraction of sp³-hybridized carbons (Fsp3) is 0.455. The van der Waals surface area contributed by atoms with E-state index in [2.05, 4.69) is 15.4 Å². The van der Waals surface area contributed by atoms with Gasteiger partial charge >= 0.3 is 0 Å². The molecular weight excluding hydrogens is 246 g/mol. The summed E-state index contributed by atoms with van der Waals surface area (Å²) >= 11 is 0. The molecule has 0 aliphatic carbocycles. The summed E-state index contributed by atoms with van der Waals surface area (Å²) in [6, 6.07) is 1.54. The lowest BCUT2D eigenvalue weighted by molar-refractivity contribution is 0.624. The van der Waals surface area contributed by atoms with Crippen LogP contribution in [0.4, 0.5) is 5.69 Å². The summed E-state index contributed by atoms with van der Waals surface area (Å²) in [5.41, 5.74) is 6.75. The van der Waals surface area contributed by atoms with E-state index >= 15 is 0 Å². The van der Waals surface area contributed by atoms with Gasteiger partial charge in [-0.2, -0.15) is 5.10 Å². The Labute approximate surface area is 110 Å². The molecule has 0 aliphatic rings. The summed E-state index contributed by atoms with van der Waals surface area (Å²) in [7, 11) is 3.65. The monoisotopic (exact) mass is 263 g/mol. The number of nitrogens with two attached hydrogens (primary N) is 1. The number of anilines is 1. The molecule has 2 aromatic heterocycles. The van der Waals surface area contributed by atoms with Crippen LogP contribution in [0.5, 0.6) is 0 Å². The lowest BCUT2D eigenvalue weighted by Crippen LogP contribution is -2.29. The third kappa shape index (κ3) is 3.16. The molecule has 0 saturated heterocycles. The SMILES string of the molecule is CN(CCN)c1cnn(Cc2cn(C)nn2)c(=O)c1. The lowest BCUT2D eigenvalue weighted by atomic mass is 10.4. The second-order valence-corrected chi connectivity index (χ2v) is 4.30. The molecule has 0 unspecified atom stereocenters. The fourth-order valence-electron chi connectivity index (χ4n) is 1.70. The smallest absolute Gasteiger partial charge is 0.269 e. The van der Waals surface area contributed by atoms with Crippen molar-refractivity contribution >= 4 is 5.69 Å². The van der Waals surface area contributed by atoms with Crippen LogP contribution in [-0.2, 0) is 13.6 Å². The van der Waals surface area contributed by atoms with Crippen molar-refractivity contribution in [2.24, 2.45) is 12.8 Å². The van der Waals surface area contributed by atoms with Gasteiger partial charge in [-0.3, -0.25) is 9.48 Å². The van der Waals surface area contributed by atoms with Gasteiger partial charge in [-0.05, 0) is 0 Å². The van der Waals surface area contributed by atoms with Crippen LogP contribution in [0.25, 0.3) is 0 Å². The molecule has 0 aromatic carbocycles. The molecule has 8 heteroatoms. The van der Waals surface area contributed by atoms with Gasteiger partial charge < -0.3 is 10.6 Å². The van der Waals surface area contributed by atoms with Crippen LogP contribution < -0.4 is 16.2 Å². The fourth-order valence-corrected chi connectivity index (χ4v) is 1.70. The largest absolute Gasteiger partial charge is 0.372 e. The summed E-state index contributed by atoms with van der Waals surface area (Å²) < 4.78 is 2.94. The minimum atomic E-state index is -0.174. The summed E-state index contributed by atoms with van der Waals surface area (Å²) in [5.74, 6) is 0. The van der Waals surface area contributed by atoms with E-state index in [0.717, 1.165) is 5.69 Å². The molecule has 102 valence electrons. The van der Waals surface area contributed by atoms with Crippen molar-refractivity contribution in [1.82, 2.24) is 24.8 Å². The molecule has 0 fully saturated rings. The van der Waals surface area contributed by atoms with E-state index in [1.807, 2.05) is 11.9 Å². The van der Waals surface area contributed by atoms with Crippen molar-refractivity contribution < 1.29 is 0 Å². The average molecular weight is 263 g/mol. The highest BCUT2D eigenvalue weighted by Gasteiger charge is 2.06. The first-order chi connectivity index (χ1) is 9.10. The van der Waals surface area contributed by atoms with Gasteiger partial charge in [-0.15, -0.1) is 5.10 Å². The Hall–Kier alpha value is -2.22. The van der Waals surface area contributed by atoms with Crippen molar-refractivity contribution in [3.05, 3.63) is 34.5 Å². The van der Waals surface area contributed by atoms with Crippen LogP contribution in [0, 0.1) is 0 Å². The summed E-state index contributed by atoms with van der Waals surface area (Å²) in [6.07, 6.45) is 3.40. The first-order valence-corrected chi connectivity index (χ1v) is 5.93. The molecule has 0 aliphatic heterocycles. The van der Waals surface area contributed by atoms with Crippen LogP contribution >= 0.6 is 0 Å². The van der Waals surface area contributed by atoms with E-state index in [1.165, 1.54) is 4.68 Å². The maximum atomic E-state index is 11.9. The molecule has 0 spiro atoms. The lowest BCUT2D eigenvalue weighted by Gasteiger charge is -2.17. The van der Waals surface area contributed by atoms with Gasteiger partial charge in [-0.25, -0.2) is 4.68 Å². The molecule has 0 atom stereocenters. The molecule has 0 amide bonds. The van der Waals surface area contributed by atoms with Crippen molar-refractivity contribution in [3.63, 3.8) is 0 Å². The predicted octanol–water partition coefficient (Wildman–Crippen LogP) is -1.18. The second-order valence-electron chi connectivity index (χ2n) is 4.30. The number of likely N-dealkylation sites (N-methyl/N-ethyl adjacent to an activating group) is 1. The Bertz CT molecular complexity index is 603. The van der Waals surface area contributed by atoms with E-state index in [9.17, 15) is 4.79 Å². The van der Waals surface area contributed by atoms with E-state index in [-0.39, 0.29) is 5.56 Å². The Balaban J connectivity index is 2.17. The number of nitrogens with zero attached hydrogens (tertiary/aromatic N) is 6. The van der Waals surface area contributed by atoms with Gasteiger partial charge in [-0.1, -0.05) is 5.21 Å². The molecule has 0 bridgehead atoms. The van der Waals surface area contributed by atoms with Crippen LogP contribution in [0.2, 0.25) is 0 Å². The Kier molecular flexibility index (Phi) is 3.91. The van der Waals surface area contributed by atoms with Crippen LogP contribution in [-0.4, -0.2) is 44.9 Å². The minimum Gasteiger partial charge on any atom is -0.372 e. The number of hydrogen-bond donors (Lipinski definition) is 1. The summed E-state index contributed by atoms with van der Waals surface area (Å²) in [4.78, 5) is 13.8. The standard InChI is InChI=1S/C11H17N7O/c1-16(4-3-12)10-5-11(19)18(13-6-10)8-9-7-17(2)15-14-9/h5-7H,3-4,8,12H2,1-2H3. The van der Waals surface area contributed by atoms with Gasteiger partial charge in [0, 0.05) is 33.3 Å². The highest BCUT2D eigenvalue weighted by atomic mass is 16.1. The number of hydrogen-bond acceptors (Lipinski definition) is 6. The zero-order valence-corrected chi connectivity index (χ0v) is 11.0. The van der Waals surface area contributed by atoms with E-state index < -0.39 is 0 Å². The van der Waals surface area contributed by atoms with Crippen molar-refractivity contribution in [3.8, 4) is 0 Å². The molecule has 2 aromatic rings. The third-order valence-corrected chi connectivity index (χ3v) is 2.72. The van der Waals surface area contributed by atoms with Gasteiger partial charge in [0.1, 0.15) is 5.69 Å². The number of rotatable bonds is 5. The van der Waals surface area contributed by atoms with E-state index in [4.69, 9.17) is 5.73 Å². The molecule has 2 rings (SSSR count). The quantitative estimate of drug-likeness (QED) is 0.729. The molecular formula is C11H17N7O. The maximum Gasteiger partial charge on any atom is 0.269 e. The first kappa shape index (κ1) is 13.2. The normalized spacial score (nSPS) is 10.7. The molecule has 8 nitrogen and oxygen atoms in total. The molecule has 0 radical (unpaired) electrons. The first-order valence-electron chi connectivity index (χ1n) is 5.93. The molecule has 0 saturated carbocycles. The predicted molar refractivity (Wildman–Crippen MR) is 70.9 cm³/mol. The highest BCUT2D eigenvalue weighted by Crippen LogP contribution is 2.06. The van der Waals surface area contributed by atoms with Gasteiger partial charge in [0.25, 0.3) is 5.56 Å².